The van der Waals surface area contributed by atoms with Crippen molar-refractivity contribution in [2.75, 3.05) is 20.3 Å². The van der Waals surface area contributed by atoms with Gasteiger partial charge in [0.15, 0.2) is 17.5 Å². The lowest BCUT2D eigenvalue weighted by Gasteiger charge is -2.14. The Kier molecular flexibility index (Phi) is 12.1. The topological polar surface area (TPSA) is 64.1 Å². The number of methoxy groups -OCH3 is 1. The van der Waals surface area contributed by atoms with Crippen molar-refractivity contribution in [3.05, 3.63) is 53.6 Å². The molecule has 9 heteroatoms. The van der Waals surface area contributed by atoms with Crippen LogP contribution in [0.25, 0.3) is 0 Å². The monoisotopic (exact) mass is 545 g/mol. The fourth-order valence-corrected chi connectivity index (χ4v) is 2.60. The lowest BCUT2D eigenvalue weighted by molar-refractivity contribution is -0.0504. The van der Waals surface area contributed by atoms with Crippen LogP contribution in [0.4, 0.5) is 8.78 Å². The van der Waals surface area contributed by atoms with Crippen LogP contribution < -0.4 is 24.8 Å². The Morgan fingerprint density at radius 3 is 2.58 bits per heavy atom. The van der Waals surface area contributed by atoms with Crippen molar-refractivity contribution < 1.29 is 23.0 Å². The summed E-state index contributed by atoms with van der Waals surface area (Å²) in [6.45, 7) is 0.459. The molecule has 0 fully saturated rings. The maximum atomic E-state index is 12.6. The predicted molar refractivity (Wildman–Crippen MR) is 127 cm³/mol. The van der Waals surface area contributed by atoms with E-state index in [9.17, 15) is 8.78 Å². The molecule has 0 unspecified atom stereocenters. The average molecular weight is 545 g/mol. The van der Waals surface area contributed by atoms with E-state index in [0.717, 1.165) is 5.56 Å². The third kappa shape index (κ3) is 8.88. The molecule has 168 valence electrons. The first-order chi connectivity index (χ1) is 14.6. The van der Waals surface area contributed by atoms with Crippen molar-refractivity contribution in [2.45, 2.75) is 26.6 Å². The molecule has 2 aromatic rings. The van der Waals surface area contributed by atoms with Crippen molar-refractivity contribution in [1.82, 2.24) is 10.6 Å². The Morgan fingerprint density at radius 1 is 1.13 bits per heavy atom. The van der Waals surface area contributed by atoms with Crippen molar-refractivity contribution in [2.24, 2.45) is 4.99 Å². The van der Waals surface area contributed by atoms with Gasteiger partial charge in [0, 0.05) is 18.7 Å². The highest BCUT2D eigenvalue weighted by molar-refractivity contribution is 14.0. The Labute approximate surface area is 198 Å². The average Bonchev–Trinajstić information content (AvgIpc) is 2.74. The van der Waals surface area contributed by atoms with Crippen LogP contribution in [-0.4, -0.2) is 32.8 Å². The molecule has 2 rings (SSSR count). The lowest BCUT2D eigenvalue weighted by Crippen LogP contribution is -2.36. The van der Waals surface area contributed by atoms with Crippen molar-refractivity contribution in [1.29, 1.82) is 0 Å². The molecule has 0 aliphatic rings. The Hall–Kier alpha value is -2.74. The van der Waals surface area contributed by atoms with Crippen LogP contribution in [0.2, 0.25) is 0 Å². The van der Waals surface area contributed by atoms with Crippen LogP contribution >= 0.6 is 24.0 Å². The number of halogens is 3. The number of hydrogen-bond acceptors (Lipinski definition) is 4. The summed E-state index contributed by atoms with van der Waals surface area (Å²) in [7, 11) is 1.55. The second kappa shape index (κ2) is 14.3. The van der Waals surface area contributed by atoms with Gasteiger partial charge in [-0.2, -0.15) is 8.78 Å². The summed E-state index contributed by atoms with van der Waals surface area (Å²) < 4.78 is 40.5. The quantitative estimate of drug-likeness (QED) is 0.203. The van der Waals surface area contributed by atoms with E-state index in [1.165, 1.54) is 6.07 Å². The van der Waals surface area contributed by atoms with E-state index >= 15 is 0 Å². The molecule has 0 aliphatic carbocycles. The van der Waals surface area contributed by atoms with E-state index in [4.69, 9.17) is 15.9 Å². The van der Waals surface area contributed by atoms with Crippen molar-refractivity contribution in [3.63, 3.8) is 0 Å². The van der Waals surface area contributed by atoms with Crippen LogP contribution in [0.1, 0.15) is 18.1 Å². The van der Waals surface area contributed by atoms with Crippen LogP contribution in [0.15, 0.2) is 47.5 Å². The minimum Gasteiger partial charge on any atom is -0.493 e. The molecule has 0 bridgehead atoms. The number of para-hydroxylation sites is 1. The number of benzene rings is 2. The van der Waals surface area contributed by atoms with Gasteiger partial charge in [-0.25, -0.2) is 4.99 Å². The van der Waals surface area contributed by atoms with Gasteiger partial charge >= 0.3 is 6.61 Å². The number of hydrogen-bond donors (Lipinski definition) is 2. The summed E-state index contributed by atoms with van der Waals surface area (Å²) >= 11 is 0. The van der Waals surface area contributed by atoms with E-state index in [2.05, 4.69) is 26.3 Å². The number of rotatable bonds is 10. The van der Waals surface area contributed by atoms with Gasteiger partial charge in [0.05, 0.1) is 13.7 Å². The third-order valence-corrected chi connectivity index (χ3v) is 3.94. The normalized spacial score (nSPS) is 10.6. The maximum absolute atomic E-state index is 12.6. The molecule has 0 atom stereocenters. The summed E-state index contributed by atoms with van der Waals surface area (Å²) in [6, 6.07) is 12.1. The zero-order valence-electron chi connectivity index (χ0n) is 17.4. The molecule has 0 aliphatic heterocycles. The molecule has 31 heavy (non-hydrogen) atoms. The first-order valence-electron chi connectivity index (χ1n) is 9.35. The molecule has 0 saturated heterocycles. The van der Waals surface area contributed by atoms with Gasteiger partial charge < -0.3 is 24.8 Å². The smallest absolute Gasteiger partial charge is 0.387 e. The minimum absolute atomic E-state index is 0. The summed E-state index contributed by atoms with van der Waals surface area (Å²) in [6.07, 6.45) is 5.25. The van der Waals surface area contributed by atoms with Crippen LogP contribution in [-0.2, 0) is 13.1 Å². The number of ether oxygens (including phenoxy) is 3. The molecule has 2 N–H and O–H groups in total. The lowest BCUT2D eigenvalue weighted by atomic mass is 10.2. The molecule has 6 nitrogen and oxygen atoms in total. The summed E-state index contributed by atoms with van der Waals surface area (Å²) in [5.41, 5.74) is 1.49. The van der Waals surface area contributed by atoms with Gasteiger partial charge in [0.1, 0.15) is 12.4 Å². The second-order valence-corrected chi connectivity index (χ2v) is 6.01. The predicted octanol–water partition coefficient (Wildman–Crippen LogP) is 4.18. The van der Waals surface area contributed by atoms with Crippen molar-refractivity contribution in [3.8, 4) is 29.6 Å². The third-order valence-electron chi connectivity index (χ3n) is 3.94. The van der Waals surface area contributed by atoms with Crippen LogP contribution in [0.5, 0.6) is 17.2 Å². The van der Waals surface area contributed by atoms with E-state index in [1.54, 1.807) is 31.4 Å². The SMILES string of the molecule is C#CCOc1cc(CN=C(NCC)NCc2ccccc2OC(F)F)ccc1OC.I. The maximum Gasteiger partial charge on any atom is 0.387 e. The number of terminal acetylenes is 1. The first-order valence-corrected chi connectivity index (χ1v) is 9.35. The molecule has 2 aromatic carbocycles. The Morgan fingerprint density at radius 2 is 1.90 bits per heavy atom. The van der Waals surface area contributed by atoms with Gasteiger partial charge in [-0.3, -0.25) is 0 Å². The van der Waals surface area contributed by atoms with E-state index in [1.807, 2.05) is 19.1 Å². The molecular formula is C22H26F2IN3O3. The highest BCUT2D eigenvalue weighted by Crippen LogP contribution is 2.28. The zero-order chi connectivity index (χ0) is 21.8. The van der Waals surface area contributed by atoms with Gasteiger partial charge in [0.2, 0.25) is 0 Å². The highest BCUT2D eigenvalue weighted by atomic mass is 127. The molecule has 0 spiro atoms. The second-order valence-electron chi connectivity index (χ2n) is 6.01. The molecule has 0 saturated carbocycles. The first kappa shape index (κ1) is 26.3. The summed E-state index contributed by atoms with van der Waals surface area (Å²) in [5.74, 6) is 4.20. The van der Waals surface area contributed by atoms with Crippen LogP contribution in [0, 0.1) is 12.3 Å². The van der Waals surface area contributed by atoms with Crippen molar-refractivity contribution >= 4 is 29.9 Å². The van der Waals surface area contributed by atoms with E-state index in [0.29, 0.717) is 36.1 Å². The number of nitrogens with zero attached hydrogens (tertiary/aromatic N) is 1. The standard InChI is InChI=1S/C22H25F2N3O3.HI/c1-4-12-29-20-13-16(10-11-19(20)28-3)14-26-22(25-5-2)27-15-17-8-6-7-9-18(17)30-21(23)24;/h1,6-11,13,21H,5,12,14-15H2,2-3H3,(H2,25,26,27);1H. The zero-order valence-corrected chi connectivity index (χ0v) is 19.7. The van der Waals surface area contributed by atoms with Gasteiger partial charge in [-0.05, 0) is 30.7 Å². The molecular weight excluding hydrogens is 519 g/mol. The van der Waals surface area contributed by atoms with E-state index in [-0.39, 0.29) is 42.9 Å². The number of guanidine groups is 1. The number of nitrogens with one attached hydrogen (secondary N) is 2. The van der Waals surface area contributed by atoms with Gasteiger partial charge in [0.25, 0.3) is 0 Å². The number of aliphatic imine (C=N–C) groups is 1. The molecule has 0 radical (unpaired) electrons. The summed E-state index contributed by atoms with van der Waals surface area (Å²) in [5, 5.41) is 6.25. The Balaban J connectivity index is 0.00000480. The molecule has 0 aromatic heterocycles. The fourth-order valence-electron chi connectivity index (χ4n) is 2.60. The molecule has 0 heterocycles. The molecule has 0 amide bonds. The minimum atomic E-state index is -2.88. The van der Waals surface area contributed by atoms with E-state index < -0.39 is 6.61 Å². The largest absolute Gasteiger partial charge is 0.493 e. The summed E-state index contributed by atoms with van der Waals surface area (Å²) in [4.78, 5) is 4.54. The fraction of sp³-hybridized carbons (Fsp3) is 0.318. The number of alkyl halides is 2. The van der Waals surface area contributed by atoms with Gasteiger partial charge in [-0.1, -0.05) is 30.2 Å². The Bertz CT molecular complexity index is 889. The van der Waals surface area contributed by atoms with Crippen LogP contribution in [0.3, 0.4) is 0 Å². The van der Waals surface area contributed by atoms with Gasteiger partial charge in [-0.15, -0.1) is 30.4 Å². The highest BCUT2D eigenvalue weighted by Gasteiger charge is 2.10.